The fraction of sp³-hybridized carbons (Fsp3) is 0.381. The Bertz CT molecular complexity index is 890. The standard InChI is InChI=1S/C21H25ClN2O5S/c1-21(2,3)29-20(27)24-17(15-9-10-16(22)30-15)18(25)23-12-11-13-5-7-14(8-6-13)19(26)28-4/h5-10,17H,11-12H2,1-4H3,(H,23,25)(H,24,27). The third-order valence-electron chi connectivity index (χ3n) is 3.89. The summed E-state index contributed by atoms with van der Waals surface area (Å²) in [5.74, 6) is -0.772. The summed E-state index contributed by atoms with van der Waals surface area (Å²) in [4.78, 5) is 37.0. The molecule has 0 aliphatic carbocycles. The Morgan fingerprint density at radius 1 is 1.10 bits per heavy atom. The molecular weight excluding hydrogens is 428 g/mol. The molecule has 2 N–H and O–H groups in total. The molecule has 30 heavy (non-hydrogen) atoms. The summed E-state index contributed by atoms with van der Waals surface area (Å²) < 4.78 is 10.4. The molecule has 0 aliphatic heterocycles. The van der Waals surface area contributed by atoms with E-state index >= 15 is 0 Å². The van der Waals surface area contributed by atoms with Crippen LogP contribution >= 0.6 is 22.9 Å². The molecule has 162 valence electrons. The van der Waals surface area contributed by atoms with Gasteiger partial charge < -0.3 is 20.1 Å². The van der Waals surface area contributed by atoms with E-state index in [9.17, 15) is 14.4 Å². The first-order valence-electron chi connectivity index (χ1n) is 9.29. The zero-order valence-corrected chi connectivity index (χ0v) is 18.9. The molecule has 2 aromatic rings. The van der Waals surface area contributed by atoms with Crippen molar-refractivity contribution in [1.29, 1.82) is 0 Å². The predicted molar refractivity (Wildman–Crippen MR) is 116 cm³/mol. The number of carbonyl (C=O) groups is 3. The van der Waals surface area contributed by atoms with E-state index in [4.69, 9.17) is 16.3 Å². The number of ether oxygens (including phenoxy) is 2. The van der Waals surface area contributed by atoms with E-state index in [1.807, 2.05) is 0 Å². The first-order chi connectivity index (χ1) is 14.1. The Hall–Kier alpha value is -2.58. The van der Waals surface area contributed by atoms with Gasteiger partial charge in [0.05, 0.1) is 17.0 Å². The molecule has 0 aliphatic rings. The smallest absolute Gasteiger partial charge is 0.408 e. The molecule has 0 saturated carbocycles. The molecule has 2 amide bonds. The third kappa shape index (κ3) is 7.35. The highest BCUT2D eigenvalue weighted by Crippen LogP contribution is 2.27. The van der Waals surface area contributed by atoms with E-state index < -0.39 is 23.7 Å². The SMILES string of the molecule is COC(=O)c1ccc(CCNC(=O)C(NC(=O)OC(C)(C)C)c2ccc(Cl)s2)cc1. The van der Waals surface area contributed by atoms with Crippen molar-refractivity contribution < 1.29 is 23.9 Å². The number of hydrogen-bond acceptors (Lipinski definition) is 6. The van der Waals surface area contributed by atoms with Gasteiger partial charge in [0, 0.05) is 11.4 Å². The highest BCUT2D eigenvalue weighted by Gasteiger charge is 2.27. The van der Waals surface area contributed by atoms with Gasteiger partial charge in [-0.25, -0.2) is 9.59 Å². The van der Waals surface area contributed by atoms with Gasteiger partial charge in [-0.2, -0.15) is 0 Å². The zero-order chi connectivity index (χ0) is 22.3. The second-order valence-corrected chi connectivity index (χ2v) is 9.20. The Labute approximate surface area is 184 Å². The molecule has 0 spiro atoms. The van der Waals surface area contributed by atoms with E-state index in [2.05, 4.69) is 15.4 Å². The van der Waals surface area contributed by atoms with Gasteiger partial charge in [-0.3, -0.25) is 4.79 Å². The van der Waals surface area contributed by atoms with Crippen LogP contribution in [0.15, 0.2) is 36.4 Å². The predicted octanol–water partition coefficient (Wildman–Crippen LogP) is 4.11. The number of rotatable bonds is 7. The van der Waals surface area contributed by atoms with Crippen LogP contribution in [0.3, 0.4) is 0 Å². The Morgan fingerprint density at radius 3 is 2.30 bits per heavy atom. The number of esters is 1. The van der Waals surface area contributed by atoms with Gasteiger partial charge in [0.1, 0.15) is 11.6 Å². The maximum atomic E-state index is 12.7. The van der Waals surface area contributed by atoms with Crippen LogP contribution < -0.4 is 10.6 Å². The van der Waals surface area contributed by atoms with E-state index in [0.717, 1.165) is 5.56 Å². The summed E-state index contributed by atoms with van der Waals surface area (Å²) in [5, 5.41) is 5.42. The minimum absolute atomic E-state index is 0.349. The van der Waals surface area contributed by atoms with Crippen LogP contribution in [0.2, 0.25) is 4.34 Å². The lowest BCUT2D eigenvalue weighted by Crippen LogP contribution is -2.42. The van der Waals surface area contributed by atoms with Crippen LogP contribution in [-0.4, -0.2) is 37.2 Å². The number of halogens is 1. The molecule has 1 atom stereocenters. The summed E-state index contributed by atoms with van der Waals surface area (Å²) in [6.45, 7) is 5.58. The molecule has 2 rings (SSSR count). The molecule has 1 aromatic carbocycles. The molecule has 0 saturated heterocycles. The van der Waals surface area contributed by atoms with Crippen molar-refractivity contribution >= 4 is 40.9 Å². The molecule has 1 unspecified atom stereocenters. The van der Waals surface area contributed by atoms with Crippen LogP contribution in [-0.2, 0) is 20.7 Å². The molecule has 9 heteroatoms. The van der Waals surface area contributed by atoms with Crippen molar-refractivity contribution in [2.75, 3.05) is 13.7 Å². The van der Waals surface area contributed by atoms with Gasteiger partial charge in [-0.05, 0) is 57.0 Å². The molecule has 7 nitrogen and oxygen atoms in total. The number of nitrogens with one attached hydrogen (secondary N) is 2. The maximum absolute atomic E-state index is 12.7. The molecule has 0 bridgehead atoms. The molecule has 1 aromatic heterocycles. The van der Waals surface area contributed by atoms with Crippen LogP contribution in [0.4, 0.5) is 4.79 Å². The number of thiophene rings is 1. The van der Waals surface area contributed by atoms with Gasteiger partial charge in [0.2, 0.25) is 5.91 Å². The maximum Gasteiger partial charge on any atom is 0.408 e. The molecular formula is C21H25ClN2O5S. The summed E-state index contributed by atoms with van der Waals surface area (Å²) in [6, 6.07) is 9.38. The average molecular weight is 453 g/mol. The first kappa shape index (κ1) is 23.7. The van der Waals surface area contributed by atoms with Crippen LogP contribution in [0.1, 0.15) is 47.6 Å². The second kappa shape index (κ2) is 10.4. The van der Waals surface area contributed by atoms with Crippen molar-refractivity contribution in [3.63, 3.8) is 0 Å². The monoisotopic (exact) mass is 452 g/mol. The Balaban J connectivity index is 1.98. The van der Waals surface area contributed by atoms with E-state index in [0.29, 0.717) is 27.7 Å². The lowest BCUT2D eigenvalue weighted by atomic mass is 10.1. The summed E-state index contributed by atoms with van der Waals surface area (Å²) in [6.07, 6.45) is -0.136. The number of hydrogen-bond donors (Lipinski definition) is 2. The van der Waals surface area contributed by atoms with Crippen molar-refractivity contribution in [2.24, 2.45) is 0 Å². The van der Waals surface area contributed by atoms with E-state index in [1.54, 1.807) is 57.2 Å². The Morgan fingerprint density at radius 2 is 1.77 bits per heavy atom. The number of amides is 2. The number of carbonyl (C=O) groups excluding carboxylic acids is 3. The van der Waals surface area contributed by atoms with E-state index in [1.165, 1.54) is 18.4 Å². The van der Waals surface area contributed by atoms with Crippen LogP contribution in [0, 0.1) is 0 Å². The fourth-order valence-corrected chi connectivity index (χ4v) is 3.64. The zero-order valence-electron chi connectivity index (χ0n) is 17.3. The summed E-state index contributed by atoms with van der Waals surface area (Å²) in [7, 11) is 1.33. The summed E-state index contributed by atoms with van der Waals surface area (Å²) >= 11 is 7.20. The van der Waals surface area contributed by atoms with Gasteiger partial charge in [-0.15, -0.1) is 11.3 Å². The molecule has 0 radical (unpaired) electrons. The highest BCUT2D eigenvalue weighted by atomic mass is 35.5. The quantitative estimate of drug-likeness (QED) is 0.616. The average Bonchev–Trinajstić information content (AvgIpc) is 3.10. The largest absolute Gasteiger partial charge is 0.465 e. The molecule has 0 fully saturated rings. The van der Waals surface area contributed by atoms with Gasteiger partial charge in [0.15, 0.2) is 0 Å². The van der Waals surface area contributed by atoms with Gasteiger partial charge in [-0.1, -0.05) is 23.7 Å². The number of alkyl carbamates (subject to hydrolysis) is 1. The normalized spacial score (nSPS) is 12.0. The fourth-order valence-electron chi connectivity index (χ4n) is 2.53. The Kier molecular flexibility index (Phi) is 8.25. The topological polar surface area (TPSA) is 93.7 Å². The van der Waals surface area contributed by atoms with Gasteiger partial charge in [0.25, 0.3) is 0 Å². The second-order valence-electron chi connectivity index (χ2n) is 7.45. The van der Waals surface area contributed by atoms with Crippen molar-refractivity contribution in [2.45, 2.75) is 38.8 Å². The van der Waals surface area contributed by atoms with Crippen molar-refractivity contribution in [3.8, 4) is 0 Å². The van der Waals surface area contributed by atoms with Crippen LogP contribution in [0.5, 0.6) is 0 Å². The van der Waals surface area contributed by atoms with Crippen molar-refractivity contribution in [3.05, 3.63) is 56.7 Å². The first-order valence-corrected chi connectivity index (χ1v) is 10.5. The lowest BCUT2D eigenvalue weighted by molar-refractivity contribution is -0.123. The van der Waals surface area contributed by atoms with E-state index in [-0.39, 0.29) is 5.91 Å². The van der Waals surface area contributed by atoms with Gasteiger partial charge >= 0.3 is 12.1 Å². The highest BCUT2D eigenvalue weighted by molar-refractivity contribution is 7.16. The molecule has 1 heterocycles. The number of methoxy groups -OCH3 is 1. The van der Waals surface area contributed by atoms with Crippen molar-refractivity contribution in [1.82, 2.24) is 10.6 Å². The lowest BCUT2D eigenvalue weighted by Gasteiger charge is -2.23. The minimum Gasteiger partial charge on any atom is -0.465 e. The number of benzene rings is 1. The van der Waals surface area contributed by atoms with Crippen LogP contribution in [0.25, 0.3) is 0 Å². The third-order valence-corrected chi connectivity index (χ3v) is 5.19. The minimum atomic E-state index is -0.918. The summed E-state index contributed by atoms with van der Waals surface area (Å²) in [5.41, 5.74) is 0.717.